The fourth-order valence-electron chi connectivity index (χ4n) is 3.39. The van der Waals surface area contributed by atoms with E-state index < -0.39 is 5.41 Å². The summed E-state index contributed by atoms with van der Waals surface area (Å²) >= 11 is 0. The summed E-state index contributed by atoms with van der Waals surface area (Å²) < 4.78 is 5.45. The summed E-state index contributed by atoms with van der Waals surface area (Å²) in [4.78, 5) is 29.1. The number of carbonyl (C=O) groups excluding carboxylic acids is 2. The van der Waals surface area contributed by atoms with Crippen LogP contribution in [-0.4, -0.2) is 54.3 Å². The van der Waals surface area contributed by atoms with Crippen molar-refractivity contribution >= 4 is 11.8 Å². The molecule has 1 aromatic heterocycles. The Balaban J connectivity index is 2.02. The number of nitrogens with zero attached hydrogens (tertiary/aromatic N) is 2. The number of aryl methyl sites for hydroxylation is 2. The molecule has 2 amide bonds. The van der Waals surface area contributed by atoms with Gasteiger partial charge in [-0.3, -0.25) is 9.59 Å². The van der Waals surface area contributed by atoms with Crippen LogP contribution in [0, 0.1) is 19.3 Å². The van der Waals surface area contributed by atoms with Crippen molar-refractivity contribution in [2.24, 2.45) is 11.1 Å². The van der Waals surface area contributed by atoms with Gasteiger partial charge in [0.2, 0.25) is 5.91 Å². The minimum Gasteiger partial charge on any atom is -0.466 e. The number of piperazine rings is 1. The number of carbonyl (C=O) groups is 2. The molecule has 0 aliphatic carbocycles. The van der Waals surface area contributed by atoms with Gasteiger partial charge in [0.05, 0.1) is 11.0 Å². The Morgan fingerprint density at radius 2 is 1.67 bits per heavy atom. The number of furan rings is 1. The third-order valence-electron chi connectivity index (χ3n) is 5.32. The van der Waals surface area contributed by atoms with Crippen LogP contribution in [0.15, 0.2) is 10.5 Å². The van der Waals surface area contributed by atoms with E-state index >= 15 is 0 Å². The molecule has 1 saturated heterocycles. The fourth-order valence-corrected chi connectivity index (χ4v) is 3.39. The van der Waals surface area contributed by atoms with Crippen LogP contribution in [0.25, 0.3) is 0 Å². The van der Waals surface area contributed by atoms with Crippen LogP contribution in [0.3, 0.4) is 0 Å². The lowest BCUT2D eigenvalue weighted by Gasteiger charge is -2.40. The maximum Gasteiger partial charge on any atom is 0.257 e. The Morgan fingerprint density at radius 1 is 1.12 bits per heavy atom. The highest BCUT2D eigenvalue weighted by atomic mass is 16.3. The van der Waals surface area contributed by atoms with Crippen LogP contribution in [0.4, 0.5) is 0 Å². The molecule has 134 valence electrons. The van der Waals surface area contributed by atoms with Gasteiger partial charge < -0.3 is 20.0 Å². The Bertz CT molecular complexity index is 588. The van der Waals surface area contributed by atoms with Crippen molar-refractivity contribution in [3.8, 4) is 0 Å². The molecule has 2 rings (SSSR count). The molecular formula is C18H29N3O3. The molecule has 1 aromatic rings. The van der Waals surface area contributed by atoms with Crippen molar-refractivity contribution in [3.63, 3.8) is 0 Å². The summed E-state index contributed by atoms with van der Waals surface area (Å²) in [5.41, 5.74) is 6.03. The molecule has 1 aliphatic heterocycles. The van der Waals surface area contributed by atoms with Gasteiger partial charge in [-0.05, 0) is 32.8 Å². The molecule has 0 radical (unpaired) electrons. The van der Waals surface area contributed by atoms with Gasteiger partial charge in [-0.25, -0.2) is 0 Å². The van der Waals surface area contributed by atoms with Crippen LogP contribution in [0.5, 0.6) is 0 Å². The number of rotatable bonds is 5. The van der Waals surface area contributed by atoms with Crippen molar-refractivity contribution in [2.45, 2.75) is 40.5 Å². The zero-order valence-electron chi connectivity index (χ0n) is 15.2. The molecule has 0 unspecified atom stereocenters. The lowest BCUT2D eigenvalue weighted by Crippen LogP contribution is -2.55. The smallest absolute Gasteiger partial charge is 0.257 e. The van der Waals surface area contributed by atoms with Gasteiger partial charge in [0.15, 0.2) is 0 Å². The fraction of sp³-hybridized carbons (Fsp3) is 0.667. The minimum atomic E-state index is -0.468. The molecule has 0 bridgehead atoms. The van der Waals surface area contributed by atoms with E-state index in [0.29, 0.717) is 44.0 Å². The van der Waals surface area contributed by atoms with Crippen LogP contribution in [0.1, 0.15) is 48.6 Å². The van der Waals surface area contributed by atoms with E-state index in [1.165, 1.54) is 0 Å². The highest BCUT2D eigenvalue weighted by molar-refractivity contribution is 5.95. The summed E-state index contributed by atoms with van der Waals surface area (Å²) in [5.74, 6) is 1.49. The van der Waals surface area contributed by atoms with Crippen molar-refractivity contribution < 1.29 is 14.0 Å². The lowest BCUT2D eigenvalue weighted by atomic mass is 9.81. The van der Waals surface area contributed by atoms with Crippen molar-refractivity contribution in [1.29, 1.82) is 0 Å². The van der Waals surface area contributed by atoms with Gasteiger partial charge in [-0.15, -0.1) is 0 Å². The largest absolute Gasteiger partial charge is 0.466 e. The molecule has 24 heavy (non-hydrogen) atoms. The maximum absolute atomic E-state index is 12.8. The van der Waals surface area contributed by atoms with Gasteiger partial charge in [0, 0.05) is 32.7 Å². The Hall–Kier alpha value is -1.82. The highest BCUT2D eigenvalue weighted by Gasteiger charge is 2.38. The third kappa shape index (κ3) is 3.34. The van der Waals surface area contributed by atoms with E-state index in [9.17, 15) is 9.59 Å². The normalized spacial score (nSPS) is 15.7. The van der Waals surface area contributed by atoms with E-state index in [4.69, 9.17) is 10.2 Å². The van der Waals surface area contributed by atoms with Crippen LogP contribution in [-0.2, 0) is 4.79 Å². The molecule has 0 aromatic carbocycles. The van der Waals surface area contributed by atoms with Gasteiger partial charge >= 0.3 is 0 Å². The molecule has 0 atom stereocenters. The quantitative estimate of drug-likeness (QED) is 0.892. The first-order valence-electron chi connectivity index (χ1n) is 8.74. The number of hydrogen-bond acceptors (Lipinski definition) is 4. The first-order chi connectivity index (χ1) is 11.4. The number of hydrogen-bond donors (Lipinski definition) is 1. The molecule has 6 heteroatoms. The molecule has 2 N–H and O–H groups in total. The second kappa shape index (κ2) is 7.38. The zero-order chi connectivity index (χ0) is 17.9. The Kier molecular flexibility index (Phi) is 5.70. The second-order valence-corrected chi connectivity index (χ2v) is 6.60. The van der Waals surface area contributed by atoms with E-state index in [-0.39, 0.29) is 11.8 Å². The summed E-state index contributed by atoms with van der Waals surface area (Å²) in [7, 11) is 0. The zero-order valence-corrected chi connectivity index (χ0v) is 15.2. The summed E-state index contributed by atoms with van der Waals surface area (Å²) in [6, 6.07) is 1.78. The van der Waals surface area contributed by atoms with Gasteiger partial charge in [0.25, 0.3) is 5.91 Å². The molecule has 1 fully saturated rings. The third-order valence-corrected chi connectivity index (χ3v) is 5.32. The monoisotopic (exact) mass is 335 g/mol. The summed E-state index contributed by atoms with van der Waals surface area (Å²) in [6.07, 6.45) is 1.48. The number of nitrogens with two attached hydrogens (primary N) is 1. The summed E-state index contributed by atoms with van der Waals surface area (Å²) in [6.45, 7) is 10.2. The topological polar surface area (TPSA) is 79.8 Å². The highest BCUT2D eigenvalue weighted by Crippen LogP contribution is 2.28. The van der Waals surface area contributed by atoms with Gasteiger partial charge in [-0.1, -0.05) is 13.8 Å². The molecule has 2 heterocycles. The predicted octanol–water partition coefficient (Wildman–Crippen LogP) is 1.95. The van der Waals surface area contributed by atoms with Gasteiger partial charge in [0.1, 0.15) is 11.5 Å². The predicted molar refractivity (Wildman–Crippen MR) is 92.7 cm³/mol. The van der Waals surface area contributed by atoms with E-state index in [1.807, 2.05) is 25.7 Å². The van der Waals surface area contributed by atoms with Crippen LogP contribution in [0.2, 0.25) is 0 Å². The maximum atomic E-state index is 12.8. The molecule has 0 spiro atoms. The molecule has 0 saturated carbocycles. The Labute approximate surface area is 144 Å². The standard InChI is InChI=1S/C18H29N3O3/c1-5-18(6-2,12-19)17(23)21-9-7-20(8-10-21)16(22)15-11-13(3)24-14(15)4/h11H,5-10,12,19H2,1-4H3. The molecule has 6 nitrogen and oxygen atoms in total. The average molecular weight is 335 g/mol. The minimum absolute atomic E-state index is 0.0208. The van der Waals surface area contributed by atoms with E-state index in [2.05, 4.69) is 0 Å². The first kappa shape index (κ1) is 18.5. The van der Waals surface area contributed by atoms with Crippen LogP contribution >= 0.6 is 0 Å². The van der Waals surface area contributed by atoms with Gasteiger partial charge in [-0.2, -0.15) is 0 Å². The second-order valence-electron chi connectivity index (χ2n) is 6.60. The van der Waals surface area contributed by atoms with Crippen molar-refractivity contribution in [3.05, 3.63) is 23.2 Å². The SMILES string of the molecule is CCC(CC)(CN)C(=O)N1CCN(C(=O)c2cc(C)oc2C)CC1. The number of amides is 2. The van der Waals surface area contributed by atoms with Crippen molar-refractivity contribution in [2.75, 3.05) is 32.7 Å². The van der Waals surface area contributed by atoms with E-state index in [0.717, 1.165) is 18.6 Å². The molecular weight excluding hydrogens is 306 g/mol. The average Bonchev–Trinajstić information content (AvgIpc) is 2.94. The van der Waals surface area contributed by atoms with Crippen LogP contribution < -0.4 is 5.73 Å². The van der Waals surface area contributed by atoms with Crippen molar-refractivity contribution in [1.82, 2.24) is 9.80 Å². The van der Waals surface area contributed by atoms with E-state index in [1.54, 1.807) is 17.9 Å². The summed E-state index contributed by atoms with van der Waals surface area (Å²) in [5, 5.41) is 0. The first-order valence-corrected chi connectivity index (χ1v) is 8.74. The lowest BCUT2D eigenvalue weighted by molar-refractivity contribution is -0.143. The Morgan fingerprint density at radius 3 is 2.08 bits per heavy atom. The molecule has 1 aliphatic rings.